The molecule has 2 fully saturated rings. The summed E-state index contributed by atoms with van der Waals surface area (Å²) in [6.07, 6.45) is -0.594. The van der Waals surface area contributed by atoms with E-state index in [0.29, 0.717) is 22.8 Å². The fourth-order valence-corrected chi connectivity index (χ4v) is 3.38. The maximum absolute atomic E-state index is 12.0. The summed E-state index contributed by atoms with van der Waals surface area (Å²) in [6.45, 7) is 0.385. The quantitative estimate of drug-likeness (QED) is 0.778. The SMILES string of the molecule is Cn1c(-c2ccc(Cl)cc2)nn([C@@H]2CC(=O)[C@@H]3OC[C@@H]2O3)c1=S. The number of nitrogens with zero attached hydrogens (tertiary/aromatic N) is 3. The van der Waals surface area contributed by atoms with Crippen molar-refractivity contribution in [2.45, 2.75) is 24.9 Å². The van der Waals surface area contributed by atoms with Crippen LogP contribution in [0.4, 0.5) is 0 Å². The summed E-state index contributed by atoms with van der Waals surface area (Å²) in [6, 6.07) is 7.16. The molecule has 8 heteroatoms. The van der Waals surface area contributed by atoms with Crippen LogP contribution in [-0.4, -0.2) is 39.1 Å². The van der Waals surface area contributed by atoms with E-state index >= 15 is 0 Å². The Kier molecular flexibility index (Phi) is 3.60. The highest BCUT2D eigenvalue weighted by molar-refractivity contribution is 7.71. The summed E-state index contributed by atoms with van der Waals surface area (Å²) in [7, 11) is 1.86. The van der Waals surface area contributed by atoms with Crippen molar-refractivity contribution in [3.63, 3.8) is 0 Å². The molecule has 1 aromatic carbocycles. The third-order valence-corrected chi connectivity index (χ3v) is 4.95. The highest BCUT2D eigenvalue weighted by Crippen LogP contribution is 2.33. The summed E-state index contributed by atoms with van der Waals surface area (Å²) < 4.78 is 15.0. The van der Waals surface area contributed by atoms with E-state index < -0.39 is 6.29 Å². The summed E-state index contributed by atoms with van der Waals surface area (Å²) in [5.41, 5.74) is 0.908. The van der Waals surface area contributed by atoms with Crippen LogP contribution in [0, 0.1) is 4.77 Å². The van der Waals surface area contributed by atoms with Crippen molar-refractivity contribution in [3.8, 4) is 11.4 Å². The Morgan fingerprint density at radius 3 is 2.83 bits per heavy atom. The van der Waals surface area contributed by atoms with Crippen LogP contribution in [0.15, 0.2) is 24.3 Å². The Morgan fingerprint density at radius 1 is 1.35 bits per heavy atom. The third-order valence-electron chi connectivity index (χ3n) is 4.23. The van der Waals surface area contributed by atoms with Crippen molar-refractivity contribution in [3.05, 3.63) is 34.1 Å². The molecule has 0 unspecified atom stereocenters. The van der Waals surface area contributed by atoms with Gasteiger partial charge in [-0.3, -0.25) is 4.79 Å². The Bertz CT molecular complexity index is 829. The van der Waals surface area contributed by atoms with Crippen LogP contribution >= 0.6 is 23.8 Å². The number of carbonyl (C=O) groups excluding carboxylic acids is 1. The highest BCUT2D eigenvalue weighted by atomic mass is 35.5. The van der Waals surface area contributed by atoms with Gasteiger partial charge in [0.25, 0.3) is 0 Å². The lowest BCUT2D eigenvalue weighted by Gasteiger charge is -2.26. The normalized spacial score (nSPS) is 26.7. The van der Waals surface area contributed by atoms with E-state index in [4.69, 9.17) is 33.3 Å². The fraction of sp³-hybridized carbons (Fsp3) is 0.400. The van der Waals surface area contributed by atoms with Crippen molar-refractivity contribution in [1.29, 1.82) is 0 Å². The van der Waals surface area contributed by atoms with Gasteiger partial charge >= 0.3 is 0 Å². The first-order valence-electron chi connectivity index (χ1n) is 7.26. The van der Waals surface area contributed by atoms with Gasteiger partial charge in [-0.05, 0) is 36.5 Å². The summed E-state index contributed by atoms with van der Waals surface area (Å²) in [4.78, 5) is 12.0. The second-order valence-corrected chi connectivity index (χ2v) is 6.50. The van der Waals surface area contributed by atoms with Gasteiger partial charge in [0.2, 0.25) is 6.29 Å². The maximum Gasteiger partial charge on any atom is 0.218 e. The summed E-state index contributed by atoms with van der Waals surface area (Å²) in [5.74, 6) is 0.657. The van der Waals surface area contributed by atoms with Crippen LogP contribution in [0.25, 0.3) is 11.4 Å². The molecule has 2 aliphatic rings. The minimum atomic E-state index is -0.718. The van der Waals surface area contributed by atoms with Crippen LogP contribution < -0.4 is 0 Å². The smallest absolute Gasteiger partial charge is 0.218 e. The molecule has 3 heterocycles. The maximum atomic E-state index is 12.0. The number of benzene rings is 1. The number of hydrogen-bond donors (Lipinski definition) is 0. The van der Waals surface area contributed by atoms with Gasteiger partial charge in [-0.15, -0.1) is 0 Å². The Labute approximate surface area is 142 Å². The second-order valence-electron chi connectivity index (χ2n) is 5.69. The van der Waals surface area contributed by atoms with Gasteiger partial charge in [-0.25, -0.2) is 4.68 Å². The lowest BCUT2D eigenvalue weighted by atomic mass is 10.0. The molecule has 120 valence electrons. The van der Waals surface area contributed by atoms with Crippen LogP contribution in [0.2, 0.25) is 5.02 Å². The fourth-order valence-electron chi connectivity index (χ4n) is 2.99. The number of aromatic nitrogens is 3. The molecule has 4 rings (SSSR count). The molecule has 0 aliphatic carbocycles. The zero-order valence-corrected chi connectivity index (χ0v) is 13.9. The van der Waals surface area contributed by atoms with Gasteiger partial charge in [-0.1, -0.05) is 11.6 Å². The molecule has 2 saturated heterocycles. The van der Waals surface area contributed by atoms with Gasteiger partial charge in [0, 0.05) is 24.1 Å². The number of Topliss-reactive ketones (excluding diaryl/α,β-unsaturated/α-hetero) is 1. The first-order chi connectivity index (χ1) is 11.0. The molecule has 1 aromatic heterocycles. The molecule has 0 N–H and O–H groups in total. The number of ether oxygens (including phenoxy) is 2. The zero-order chi connectivity index (χ0) is 16.1. The average molecular weight is 352 g/mol. The summed E-state index contributed by atoms with van der Waals surface area (Å²) >= 11 is 11.4. The van der Waals surface area contributed by atoms with E-state index in [0.717, 1.165) is 11.4 Å². The van der Waals surface area contributed by atoms with E-state index in [2.05, 4.69) is 5.10 Å². The van der Waals surface area contributed by atoms with Gasteiger partial charge in [0.05, 0.1) is 12.6 Å². The van der Waals surface area contributed by atoms with E-state index in [9.17, 15) is 4.79 Å². The van der Waals surface area contributed by atoms with Gasteiger partial charge in [-0.2, -0.15) is 5.10 Å². The lowest BCUT2D eigenvalue weighted by molar-refractivity contribution is -0.156. The van der Waals surface area contributed by atoms with Gasteiger partial charge < -0.3 is 14.0 Å². The summed E-state index contributed by atoms with van der Waals surface area (Å²) in [5, 5.41) is 5.29. The van der Waals surface area contributed by atoms with Gasteiger partial charge in [0.1, 0.15) is 6.10 Å². The van der Waals surface area contributed by atoms with Crippen LogP contribution in [0.1, 0.15) is 12.5 Å². The molecular weight excluding hydrogens is 338 g/mol. The minimum Gasteiger partial charge on any atom is -0.343 e. The molecule has 0 saturated carbocycles. The zero-order valence-electron chi connectivity index (χ0n) is 12.3. The van der Waals surface area contributed by atoms with E-state index in [-0.39, 0.29) is 17.9 Å². The molecule has 0 radical (unpaired) electrons. The largest absolute Gasteiger partial charge is 0.343 e. The topological polar surface area (TPSA) is 58.3 Å². The molecule has 23 heavy (non-hydrogen) atoms. The van der Waals surface area contributed by atoms with Crippen molar-refractivity contribution < 1.29 is 14.3 Å². The number of fused-ring (bicyclic) bond motifs is 2. The van der Waals surface area contributed by atoms with Crippen molar-refractivity contribution in [2.24, 2.45) is 7.05 Å². The standard InChI is InChI=1S/C15H14ClN3O3S/c1-18-13(8-2-4-9(16)5-3-8)17-19(15(18)23)10-6-11(20)14-21-7-12(10)22-14/h2-5,10,12,14H,6-7H2,1H3/t10-,12+,14-/m1/s1. The Hall–Kier alpha value is -1.54. The molecule has 6 nitrogen and oxygen atoms in total. The molecule has 3 atom stereocenters. The molecule has 2 aliphatic heterocycles. The van der Waals surface area contributed by atoms with E-state index in [1.54, 1.807) is 4.68 Å². The van der Waals surface area contributed by atoms with E-state index in [1.165, 1.54) is 0 Å². The second kappa shape index (κ2) is 5.52. The highest BCUT2D eigenvalue weighted by Gasteiger charge is 2.45. The van der Waals surface area contributed by atoms with Gasteiger partial charge in [0.15, 0.2) is 16.4 Å². The van der Waals surface area contributed by atoms with Crippen molar-refractivity contribution >= 4 is 29.6 Å². The molecule has 0 spiro atoms. The first kappa shape index (κ1) is 15.0. The van der Waals surface area contributed by atoms with Crippen molar-refractivity contribution in [1.82, 2.24) is 14.3 Å². The number of carbonyl (C=O) groups is 1. The monoisotopic (exact) mass is 351 g/mol. The Morgan fingerprint density at radius 2 is 2.09 bits per heavy atom. The molecule has 2 bridgehead atoms. The number of halogens is 1. The number of rotatable bonds is 2. The molecule has 2 aromatic rings. The Balaban J connectivity index is 1.76. The van der Waals surface area contributed by atoms with Crippen LogP contribution in [-0.2, 0) is 21.3 Å². The molecule has 0 amide bonds. The lowest BCUT2D eigenvalue weighted by Crippen LogP contribution is -2.37. The molecular formula is C15H14ClN3O3S. The third kappa shape index (κ3) is 2.44. The average Bonchev–Trinajstić information content (AvgIpc) is 3.09. The number of ketones is 1. The van der Waals surface area contributed by atoms with Crippen LogP contribution in [0.5, 0.6) is 0 Å². The van der Waals surface area contributed by atoms with E-state index in [1.807, 2.05) is 35.9 Å². The predicted octanol–water partition coefficient (Wildman–Crippen LogP) is 2.53. The first-order valence-corrected chi connectivity index (χ1v) is 8.04. The predicted molar refractivity (Wildman–Crippen MR) is 85.8 cm³/mol. The number of hydrogen-bond acceptors (Lipinski definition) is 5. The van der Waals surface area contributed by atoms with Crippen LogP contribution in [0.3, 0.4) is 0 Å². The minimum absolute atomic E-state index is 0.0654. The van der Waals surface area contributed by atoms with Crippen molar-refractivity contribution in [2.75, 3.05) is 6.61 Å².